The average molecular weight is 255 g/mol. The van der Waals surface area contributed by atoms with E-state index in [1.54, 1.807) is 0 Å². The van der Waals surface area contributed by atoms with Crippen molar-refractivity contribution in [1.29, 1.82) is 0 Å². The van der Waals surface area contributed by atoms with Crippen molar-refractivity contribution in [3.63, 3.8) is 0 Å². The topological polar surface area (TPSA) is 86.2 Å². The smallest absolute Gasteiger partial charge is 3.00 e. The van der Waals surface area contributed by atoms with Crippen molar-refractivity contribution in [3.05, 3.63) is 12.7 Å². The third-order valence-corrected chi connectivity index (χ3v) is 3.94. The predicted octanol–water partition coefficient (Wildman–Crippen LogP) is -1.47. The predicted molar refractivity (Wildman–Crippen MR) is 42.1 cm³/mol. The van der Waals surface area contributed by atoms with Crippen molar-refractivity contribution in [2.45, 2.75) is 13.3 Å². The fourth-order valence-electron chi connectivity index (χ4n) is 0.586. The molecule has 0 aromatic carbocycles. The molecule has 0 atom stereocenters. The summed E-state index contributed by atoms with van der Waals surface area (Å²) in [7, 11) is -5.23. The van der Waals surface area contributed by atoms with Gasteiger partial charge in [-0.1, -0.05) is 0 Å². The number of hydrogen-bond acceptors (Lipinski definition) is 4. The summed E-state index contributed by atoms with van der Waals surface area (Å²) in [6, 6.07) is 0. The Morgan fingerprint density at radius 1 is 1.46 bits per heavy atom. The van der Waals surface area contributed by atoms with Crippen molar-refractivity contribution >= 4 is 13.1 Å². The van der Waals surface area contributed by atoms with Gasteiger partial charge in [0.15, 0.2) is 0 Å². The Morgan fingerprint density at radius 3 is 2.23 bits per heavy atom. The van der Waals surface area contributed by atoms with Crippen LogP contribution in [0.15, 0.2) is 12.7 Å². The molecule has 0 saturated carbocycles. The summed E-state index contributed by atoms with van der Waals surface area (Å²) < 4.78 is 0. The molecule has 4 nitrogen and oxygen atoms in total. The molecule has 0 radical (unpaired) electrons. The van der Waals surface area contributed by atoms with Crippen molar-refractivity contribution < 1.29 is 36.5 Å². The van der Waals surface area contributed by atoms with E-state index in [4.69, 9.17) is 0 Å². The van der Waals surface area contributed by atoms with E-state index in [0.717, 1.165) is 6.08 Å². The summed E-state index contributed by atoms with van der Waals surface area (Å²) in [6.07, 6.45) is -0.295. The van der Waals surface area contributed by atoms with Crippen LogP contribution in [0, 0.1) is 0 Å². The third kappa shape index (κ3) is 7.32. The van der Waals surface area contributed by atoms with Crippen LogP contribution >= 0.6 is 7.28 Å². The zero-order valence-electron chi connectivity index (χ0n) is 7.29. The van der Waals surface area contributed by atoms with E-state index in [1.807, 2.05) is 0 Å². The van der Waals surface area contributed by atoms with E-state index in [2.05, 4.69) is 6.58 Å². The van der Waals surface area contributed by atoms with Crippen LogP contribution in [-0.4, -0.2) is 18.1 Å². The van der Waals surface area contributed by atoms with E-state index in [0.29, 0.717) is 0 Å². The first-order valence-corrected chi connectivity index (χ1v) is 6.00. The van der Waals surface area contributed by atoms with Gasteiger partial charge in [0.05, 0.1) is 0 Å². The second-order valence-corrected chi connectivity index (χ2v) is 6.21. The molecule has 0 aromatic rings. The van der Waals surface area contributed by atoms with E-state index in [9.17, 15) is 19.5 Å². The van der Waals surface area contributed by atoms with Crippen LogP contribution < -0.4 is 14.7 Å². The molecule has 0 rings (SSSR count). The first kappa shape index (κ1) is 15.7. The van der Waals surface area contributed by atoms with Gasteiger partial charge in [0.25, 0.3) is 0 Å². The molecule has 0 saturated heterocycles. The third-order valence-electron chi connectivity index (χ3n) is 1.63. The van der Waals surface area contributed by atoms with Gasteiger partial charge in [-0.15, -0.1) is 0 Å². The quantitative estimate of drug-likeness (QED) is 0.340. The molecule has 0 spiro atoms. The molecular formula is C7H12CuO4P. The van der Waals surface area contributed by atoms with Crippen molar-refractivity contribution in [3.8, 4) is 0 Å². The maximum absolute atomic E-state index is 10.9. The van der Waals surface area contributed by atoms with Gasteiger partial charge in [-0.2, -0.15) is 0 Å². The molecule has 0 amide bonds. The Bertz CT molecular complexity index is 196. The summed E-state index contributed by atoms with van der Waals surface area (Å²) in [4.78, 5) is 43.3. The molecule has 0 aliphatic rings. The maximum Gasteiger partial charge on any atom is 3.00 e. The first-order chi connectivity index (χ1) is 5.28. The summed E-state index contributed by atoms with van der Waals surface area (Å²) in [5, 5.41) is 0. The Morgan fingerprint density at radius 2 is 1.92 bits per heavy atom. The molecule has 0 N–H and O–H groups in total. The molecule has 0 aliphatic heterocycles. The van der Waals surface area contributed by atoms with Gasteiger partial charge in [0, 0.05) is 0 Å². The van der Waals surface area contributed by atoms with Crippen LogP contribution in [0.1, 0.15) is 13.3 Å². The summed E-state index contributed by atoms with van der Waals surface area (Å²) >= 11 is 0. The number of carbonyl (C=O) groups is 1. The van der Waals surface area contributed by atoms with Crippen molar-refractivity contribution in [2.24, 2.45) is 0 Å². The van der Waals surface area contributed by atoms with E-state index in [-0.39, 0.29) is 23.5 Å². The van der Waals surface area contributed by atoms with Gasteiger partial charge < -0.3 is 0 Å². The Kier molecular flexibility index (Phi) is 6.28. The van der Waals surface area contributed by atoms with Gasteiger partial charge in [0.1, 0.15) is 0 Å². The number of allylic oxidation sites excluding steroid dienone is 1. The molecule has 0 aliphatic carbocycles. The monoisotopic (exact) mass is 254 g/mol. The fraction of sp³-hybridized carbons (Fsp3) is 0.571. The minimum atomic E-state index is -5.23. The summed E-state index contributed by atoms with van der Waals surface area (Å²) in [6.45, 7) is 4.45. The van der Waals surface area contributed by atoms with Crippen LogP contribution in [0.3, 0.4) is 0 Å². The van der Waals surface area contributed by atoms with E-state index in [1.165, 1.54) is 6.92 Å². The molecule has 80 valence electrons. The maximum atomic E-state index is 10.9. The molecule has 0 fully saturated rings. The van der Waals surface area contributed by atoms with Crippen LogP contribution in [0.2, 0.25) is 0 Å². The number of carbonyl (C=O) groups excluding carboxylic acids is 1. The van der Waals surface area contributed by atoms with Gasteiger partial charge >= 0.3 is 87.9 Å². The molecule has 0 unspecified atom stereocenters. The fourth-order valence-corrected chi connectivity index (χ4v) is 1.55. The van der Waals surface area contributed by atoms with Gasteiger partial charge in [0.2, 0.25) is 0 Å². The second-order valence-electron chi connectivity index (χ2n) is 2.68. The molecule has 0 heterocycles. The minimum absolute atomic E-state index is 0. The minimum Gasteiger partial charge on any atom is 3.00 e. The van der Waals surface area contributed by atoms with Crippen molar-refractivity contribution in [1.82, 2.24) is 0 Å². The van der Waals surface area contributed by atoms with Gasteiger partial charge in [-0.05, 0) is 0 Å². The number of rotatable bonds is 5. The van der Waals surface area contributed by atoms with E-state index < -0.39 is 25.4 Å². The second kappa shape index (κ2) is 5.20. The molecule has 13 heavy (non-hydrogen) atoms. The number of ketones is 1. The normalized spacial score (nSPS) is 13.7. The Labute approximate surface area is 88.3 Å². The number of hydrogen-bond donors (Lipinski definition) is 0. The van der Waals surface area contributed by atoms with Gasteiger partial charge in [-0.3, -0.25) is 0 Å². The Balaban J connectivity index is 0. The average Bonchev–Trinajstić information content (AvgIpc) is 2.00. The van der Waals surface area contributed by atoms with Crippen LogP contribution in [0.5, 0.6) is 0 Å². The Hall–Kier alpha value is 0.239. The summed E-state index contributed by atoms with van der Waals surface area (Å²) in [5.74, 6) is -0.417. The SMILES string of the molecule is C=CC(=O)CCP([O-])([O-])([O-])CC.[Cu+3]. The molecule has 6 heteroatoms. The van der Waals surface area contributed by atoms with Gasteiger partial charge in [-0.25, -0.2) is 0 Å². The standard InChI is InChI=1S/C7H12O4P.Cu/c1-3-7(8)5-6-12(9,10,11)4-2;/h3H,1,4-6H2,2H3;/q-3;+3. The van der Waals surface area contributed by atoms with E-state index >= 15 is 0 Å². The molecule has 0 aromatic heterocycles. The van der Waals surface area contributed by atoms with Crippen LogP contribution in [0.4, 0.5) is 0 Å². The van der Waals surface area contributed by atoms with Crippen molar-refractivity contribution in [2.75, 3.05) is 12.3 Å². The largest absolute Gasteiger partial charge is 3.00 e. The molecular weight excluding hydrogens is 243 g/mol. The zero-order chi connectivity index (χ0) is 9.85. The van der Waals surface area contributed by atoms with Crippen LogP contribution in [-0.2, 0) is 21.9 Å². The molecule has 0 bridgehead atoms. The zero-order valence-corrected chi connectivity index (χ0v) is 9.12. The summed E-state index contributed by atoms with van der Waals surface area (Å²) in [5.41, 5.74) is 0. The van der Waals surface area contributed by atoms with Crippen LogP contribution in [0.25, 0.3) is 0 Å². The first-order valence-electron chi connectivity index (χ1n) is 3.64.